The molecule has 1 fully saturated rings. The summed E-state index contributed by atoms with van der Waals surface area (Å²) >= 11 is 1.77. The molecule has 0 radical (unpaired) electrons. The number of nitrogens with zero attached hydrogens (tertiary/aromatic N) is 2. The lowest BCUT2D eigenvalue weighted by molar-refractivity contribution is -0.135. The average molecular weight is 466 g/mol. The molecule has 0 bridgehead atoms. The molecule has 31 heavy (non-hydrogen) atoms. The number of thiophene rings is 1. The van der Waals surface area contributed by atoms with Crippen molar-refractivity contribution in [2.75, 3.05) is 39.8 Å². The van der Waals surface area contributed by atoms with Gasteiger partial charge in [-0.2, -0.15) is 4.72 Å². The molecular formula is C22H31N3O4S2. The van der Waals surface area contributed by atoms with Crippen molar-refractivity contribution in [2.45, 2.75) is 31.2 Å². The van der Waals surface area contributed by atoms with Crippen molar-refractivity contribution < 1.29 is 17.9 Å². The number of carbonyl (C=O) groups is 1. The number of nitrogens with one attached hydrogen (secondary N) is 1. The van der Waals surface area contributed by atoms with E-state index in [0.717, 1.165) is 26.1 Å². The topological polar surface area (TPSA) is 78.9 Å². The van der Waals surface area contributed by atoms with Crippen LogP contribution in [0, 0.1) is 5.92 Å². The Labute approximate surface area is 189 Å². The van der Waals surface area contributed by atoms with E-state index in [1.54, 1.807) is 28.4 Å². The van der Waals surface area contributed by atoms with Gasteiger partial charge in [-0.25, -0.2) is 8.42 Å². The molecule has 0 spiro atoms. The van der Waals surface area contributed by atoms with Gasteiger partial charge < -0.3 is 9.64 Å². The van der Waals surface area contributed by atoms with Crippen molar-refractivity contribution in [3.63, 3.8) is 0 Å². The second-order valence-corrected chi connectivity index (χ2v) is 10.8. The lowest BCUT2D eigenvalue weighted by Crippen LogP contribution is -2.56. The number of benzene rings is 1. The second kappa shape index (κ2) is 10.6. The monoisotopic (exact) mass is 465 g/mol. The van der Waals surface area contributed by atoms with Gasteiger partial charge in [-0.1, -0.05) is 19.9 Å². The van der Waals surface area contributed by atoms with Crippen LogP contribution >= 0.6 is 11.3 Å². The first kappa shape index (κ1) is 23.7. The molecule has 0 saturated carbocycles. The number of hydrogen-bond acceptors (Lipinski definition) is 6. The van der Waals surface area contributed by atoms with Crippen LogP contribution in [-0.4, -0.2) is 70.0 Å². The fourth-order valence-corrected chi connectivity index (χ4v) is 5.61. The molecule has 170 valence electrons. The smallest absolute Gasteiger partial charge is 0.241 e. The van der Waals surface area contributed by atoms with E-state index in [2.05, 4.69) is 27.1 Å². The normalized spacial score (nSPS) is 16.5. The number of carbonyl (C=O) groups excluding carboxylic acids is 1. The van der Waals surface area contributed by atoms with Gasteiger partial charge in [-0.3, -0.25) is 9.69 Å². The van der Waals surface area contributed by atoms with Crippen LogP contribution in [0.1, 0.15) is 18.7 Å². The van der Waals surface area contributed by atoms with Crippen LogP contribution < -0.4 is 9.46 Å². The summed E-state index contributed by atoms with van der Waals surface area (Å²) in [5, 5.41) is 2.09. The molecule has 1 aliphatic heterocycles. The summed E-state index contributed by atoms with van der Waals surface area (Å²) in [5.41, 5.74) is 0. The van der Waals surface area contributed by atoms with Crippen LogP contribution in [0.3, 0.4) is 0 Å². The molecule has 1 amide bonds. The van der Waals surface area contributed by atoms with E-state index < -0.39 is 16.1 Å². The number of rotatable bonds is 9. The Bertz CT molecular complexity index is 936. The van der Waals surface area contributed by atoms with Crippen molar-refractivity contribution in [3.05, 3.63) is 46.7 Å². The first-order valence-corrected chi connectivity index (χ1v) is 12.9. The molecule has 1 aromatic heterocycles. The molecule has 7 nitrogen and oxygen atoms in total. The number of ether oxygens (including phenoxy) is 1. The van der Waals surface area contributed by atoms with Crippen LogP contribution in [0.15, 0.2) is 46.7 Å². The molecule has 3 rings (SSSR count). The molecule has 1 aliphatic rings. The van der Waals surface area contributed by atoms with Crippen LogP contribution in [0.25, 0.3) is 0 Å². The third-order valence-corrected chi connectivity index (χ3v) is 7.92. The highest BCUT2D eigenvalue weighted by molar-refractivity contribution is 7.89. The molecule has 1 N–H and O–H groups in total. The molecule has 9 heteroatoms. The zero-order valence-corrected chi connectivity index (χ0v) is 19.9. The Balaban J connectivity index is 1.58. The third-order valence-electron chi connectivity index (χ3n) is 5.52. The molecule has 1 aromatic carbocycles. The first-order chi connectivity index (χ1) is 14.8. The van der Waals surface area contributed by atoms with E-state index in [9.17, 15) is 13.2 Å². The number of hydrogen-bond donors (Lipinski definition) is 1. The van der Waals surface area contributed by atoms with Gasteiger partial charge in [0.05, 0.1) is 12.0 Å². The van der Waals surface area contributed by atoms with Crippen LogP contribution in [-0.2, 0) is 21.2 Å². The van der Waals surface area contributed by atoms with Gasteiger partial charge >= 0.3 is 0 Å². The Morgan fingerprint density at radius 2 is 1.81 bits per heavy atom. The Morgan fingerprint density at radius 1 is 1.13 bits per heavy atom. The van der Waals surface area contributed by atoms with Crippen molar-refractivity contribution in [3.8, 4) is 5.75 Å². The van der Waals surface area contributed by atoms with E-state index in [4.69, 9.17) is 4.74 Å². The largest absolute Gasteiger partial charge is 0.497 e. The van der Waals surface area contributed by atoms with Gasteiger partial charge in [0, 0.05) is 37.6 Å². The highest BCUT2D eigenvalue weighted by atomic mass is 32.2. The zero-order valence-electron chi connectivity index (χ0n) is 18.3. The SMILES string of the molecule is COc1ccc(S(=O)(=O)N[C@H](C(=O)N2CCN(CCc3cccs3)CC2)C(C)C)cc1. The zero-order chi connectivity index (χ0) is 22.4. The maximum absolute atomic E-state index is 13.2. The molecule has 2 heterocycles. The molecule has 1 saturated heterocycles. The van der Waals surface area contributed by atoms with E-state index >= 15 is 0 Å². The first-order valence-electron chi connectivity index (χ1n) is 10.5. The fraction of sp³-hybridized carbons (Fsp3) is 0.500. The minimum atomic E-state index is -3.82. The minimum Gasteiger partial charge on any atom is -0.497 e. The Morgan fingerprint density at radius 3 is 2.35 bits per heavy atom. The van der Waals surface area contributed by atoms with Crippen LogP contribution in [0.5, 0.6) is 5.75 Å². The quantitative estimate of drug-likeness (QED) is 0.615. The van der Waals surface area contributed by atoms with Crippen molar-refractivity contribution in [2.24, 2.45) is 5.92 Å². The number of amides is 1. The summed E-state index contributed by atoms with van der Waals surface area (Å²) < 4.78 is 33.4. The molecule has 2 aromatic rings. The van der Waals surface area contributed by atoms with Crippen molar-refractivity contribution in [1.29, 1.82) is 0 Å². The highest BCUT2D eigenvalue weighted by Crippen LogP contribution is 2.18. The predicted octanol–water partition coefficient (Wildman–Crippen LogP) is 2.45. The third kappa shape index (κ3) is 6.29. The van der Waals surface area contributed by atoms with E-state index in [1.807, 2.05) is 13.8 Å². The number of methoxy groups -OCH3 is 1. The number of piperazine rings is 1. The maximum atomic E-state index is 13.2. The fourth-order valence-electron chi connectivity index (χ4n) is 3.57. The summed E-state index contributed by atoms with van der Waals surface area (Å²) in [7, 11) is -2.30. The Hall–Kier alpha value is -1.94. The van der Waals surface area contributed by atoms with Gasteiger partial charge in [0.25, 0.3) is 0 Å². The number of sulfonamides is 1. The van der Waals surface area contributed by atoms with Gasteiger partial charge in [0.1, 0.15) is 11.8 Å². The lowest BCUT2D eigenvalue weighted by atomic mass is 10.0. The second-order valence-electron chi connectivity index (χ2n) is 8.01. The summed E-state index contributed by atoms with van der Waals surface area (Å²) in [6.07, 6.45) is 1.02. The summed E-state index contributed by atoms with van der Waals surface area (Å²) in [5.74, 6) is 0.245. The van der Waals surface area contributed by atoms with Gasteiger partial charge in [0.15, 0.2) is 0 Å². The molecule has 0 unspecified atom stereocenters. The van der Waals surface area contributed by atoms with Gasteiger partial charge in [-0.05, 0) is 48.1 Å². The Kier molecular flexibility index (Phi) is 8.10. The minimum absolute atomic E-state index is 0.116. The van der Waals surface area contributed by atoms with Gasteiger partial charge in [-0.15, -0.1) is 11.3 Å². The summed E-state index contributed by atoms with van der Waals surface area (Å²) in [6.45, 7) is 7.50. The summed E-state index contributed by atoms with van der Waals surface area (Å²) in [4.78, 5) is 18.8. The highest BCUT2D eigenvalue weighted by Gasteiger charge is 2.33. The van der Waals surface area contributed by atoms with Crippen molar-refractivity contribution >= 4 is 27.3 Å². The van der Waals surface area contributed by atoms with Crippen LogP contribution in [0.2, 0.25) is 0 Å². The van der Waals surface area contributed by atoms with Gasteiger partial charge in [0.2, 0.25) is 15.9 Å². The van der Waals surface area contributed by atoms with E-state index in [0.29, 0.717) is 18.8 Å². The van der Waals surface area contributed by atoms with E-state index in [1.165, 1.54) is 24.1 Å². The lowest BCUT2D eigenvalue weighted by Gasteiger charge is -2.37. The van der Waals surface area contributed by atoms with Crippen LogP contribution in [0.4, 0.5) is 0 Å². The standard InChI is InChI=1S/C22H31N3O4S2/c1-17(2)21(23-31(27,28)20-8-6-18(29-3)7-9-20)22(26)25-14-12-24(13-15-25)11-10-19-5-4-16-30-19/h4-9,16-17,21,23H,10-15H2,1-3H3/t21-/m0/s1. The summed E-state index contributed by atoms with van der Waals surface area (Å²) in [6, 6.07) is 9.56. The van der Waals surface area contributed by atoms with E-state index in [-0.39, 0.29) is 16.7 Å². The molecule has 1 atom stereocenters. The molecular weight excluding hydrogens is 434 g/mol. The predicted molar refractivity (Wildman–Crippen MR) is 123 cm³/mol. The average Bonchev–Trinajstić information content (AvgIpc) is 3.29. The molecule has 0 aliphatic carbocycles. The van der Waals surface area contributed by atoms with Crippen molar-refractivity contribution in [1.82, 2.24) is 14.5 Å². The maximum Gasteiger partial charge on any atom is 0.241 e.